The number of hydrogen-bond donors (Lipinski definition) is 2. The summed E-state index contributed by atoms with van der Waals surface area (Å²) in [5.74, 6) is 0. The van der Waals surface area contributed by atoms with Gasteiger partial charge >= 0.3 is 8.60 Å². The van der Waals surface area contributed by atoms with Gasteiger partial charge in [-0.25, -0.2) is 0 Å². The Morgan fingerprint density at radius 3 is 1.69 bits per heavy atom. The number of rotatable bonds is 27. The third-order valence-electron chi connectivity index (χ3n) is 5.80. The van der Waals surface area contributed by atoms with E-state index in [1.54, 1.807) is 0 Å². The quantitative estimate of drug-likeness (QED) is 0.0750. The fraction of sp³-hybridized carbons (Fsp3) is 0.960. The Labute approximate surface area is 199 Å². The third kappa shape index (κ3) is 24.4. The fourth-order valence-corrected chi connectivity index (χ4v) is 4.39. The van der Waals surface area contributed by atoms with Crippen LogP contribution < -0.4 is 5.32 Å². The second-order valence-corrected chi connectivity index (χ2v) is 9.76. The van der Waals surface area contributed by atoms with Crippen LogP contribution in [0.25, 0.3) is 0 Å². The zero-order chi connectivity index (χ0) is 23.5. The van der Waals surface area contributed by atoms with E-state index in [-0.39, 0.29) is 12.7 Å². The first-order valence-electron chi connectivity index (χ1n) is 13.2. The molecular formula is C25H52NO5P. The van der Waals surface area contributed by atoms with E-state index >= 15 is 0 Å². The summed E-state index contributed by atoms with van der Waals surface area (Å²) in [5.41, 5.74) is 0. The molecule has 0 aliphatic rings. The van der Waals surface area contributed by atoms with Crippen molar-refractivity contribution in [3.8, 4) is 0 Å². The van der Waals surface area contributed by atoms with Crippen molar-refractivity contribution >= 4 is 15.1 Å². The first-order valence-corrected chi connectivity index (χ1v) is 14.4. The molecule has 0 bridgehead atoms. The predicted molar refractivity (Wildman–Crippen MR) is 135 cm³/mol. The van der Waals surface area contributed by atoms with E-state index in [0.717, 1.165) is 19.3 Å². The second kappa shape index (κ2) is 27.0. The summed E-state index contributed by atoms with van der Waals surface area (Å²) >= 11 is 0. The first kappa shape index (κ1) is 31.7. The highest BCUT2D eigenvalue weighted by atomic mass is 31.2. The Kier molecular flexibility index (Phi) is 26.8. The Hall–Kier alpha value is -0.260. The fourth-order valence-electron chi connectivity index (χ4n) is 3.78. The van der Waals surface area contributed by atoms with Gasteiger partial charge in [0.15, 0.2) is 0 Å². The van der Waals surface area contributed by atoms with E-state index in [9.17, 15) is 9.69 Å². The highest BCUT2D eigenvalue weighted by molar-refractivity contribution is 7.40. The Morgan fingerprint density at radius 2 is 1.25 bits per heavy atom. The van der Waals surface area contributed by atoms with Gasteiger partial charge in [0, 0.05) is 6.54 Å². The van der Waals surface area contributed by atoms with Crippen LogP contribution in [0.3, 0.4) is 0 Å². The number of carbonyl (C=O) groups excluding carboxylic acids is 1. The van der Waals surface area contributed by atoms with Crippen LogP contribution >= 0.6 is 8.60 Å². The highest BCUT2D eigenvalue weighted by Gasteiger charge is 2.14. The molecule has 0 spiro atoms. The molecule has 0 rings (SSSR count). The SMILES string of the molecule is CCCCCCCCCCCCCCCCCCCC(COP(O)OCCNC)OC=O. The lowest BCUT2D eigenvalue weighted by molar-refractivity contribution is -0.135. The molecular weight excluding hydrogens is 425 g/mol. The molecule has 192 valence electrons. The summed E-state index contributed by atoms with van der Waals surface area (Å²) in [7, 11) is -0.0954. The van der Waals surface area contributed by atoms with Crippen LogP contribution in [0, 0.1) is 0 Å². The normalized spacial score (nSPS) is 13.2. The molecule has 6 nitrogen and oxygen atoms in total. The van der Waals surface area contributed by atoms with Gasteiger partial charge in [0.1, 0.15) is 6.10 Å². The number of nitrogens with one attached hydrogen (secondary N) is 1. The smallest absolute Gasteiger partial charge is 0.330 e. The topological polar surface area (TPSA) is 77.0 Å². The van der Waals surface area contributed by atoms with E-state index < -0.39 is 8.60 Å². The Balaban J connectivity index is 3.41. The van der Waals surface area contributed by atoms with E-state index in [4.69, 9.17) is 13.8 Å². The molecule has 0 heterocycles. The minimum Gasteiger partial charge on any atom is -0.462 e. The number of carbonyl (C=O) groups is 1. The van der Waals surface area contributed by atoms with Crippen molar-refractivity contribution in [1.82, 2.24) is 5.32 Å². The molecule has 2 atom stereocenters. The zero-order valence-electron chi connectivity index (χ0n) is 21.0. The lowest BCUT2D eigenvalue weighted by Crippen LogP contribution is -2.19. The average molecular weight is 478 g/mol. The zero-order valence-corrected chi connectivity index (χ0v) is 21.9. The summed E-state index contributed by atoms with van der Waals surface area (Å²) in [4.78, 5) is 20.3. The van der Waals surface area contributed by atoms with E-state index in [1.807, 2.05) is 7.05 Å². The first-order chi connectivity index (χ1) is 15.7. The summed E-state index contributed by atoms with van der Waals surface area (Å²) < 4.78 is 15.5. The lowest BCUT2D eigenvalue weighted by atomic mass is 10.0. The summed E-state index contributed by atoms with van der Waals surface area (Å²) in [5, 5.41) is 2.93. The second-order valence-electron chi connectivity index (χ2n) is 8.77. The van der Waals surface area contributed by atoms with Crippen LogP contribution in [0.15, 0.2) is 0 Å². The molecule has 0 amide bonds. The van der Waals surface area contributed by atoms with Gasteiger partial charge in [-0.2, -0.15) is 0 Å². The minimum absolute atomic E-state index is 0.180. The molecule has 0 radical (unpaired) electrons. The maximum absolute atomic E-state index is 10.7. The van der Waals surface area contributed by atoms with Crippen LogP contribution in [-0.2, 0) is 18.6 Å². The Bertz CT molecular complexity index is 376. The van der Waals surface area contributed by atoms with Crippen molar-refractivity contribution in [2.75, 3.05) is 26.8 Å². The third-order valence-corrected chi connectivity index (χ3v) is 6.58. The molecule has 32 heavy (non-hydrogen) atoms. The van der Waals surface area contributed by atoms with Crippen LogP contribution in [0.5, 0.6) is 0 Å². The van der Waals surface area contributed by atoms with Crippen molar-refractivity contribution in [2.24, 2.45) is 0 Å². The van der Waals surface area contributed by atoms with Crippen LogP contribution in [-0.4, -0.2) is 44.3 Å². The lowest BCUT2D eigenvalue weighted by Gasteiger charge is -2.17. The molecule has 0 aliphatic carbocycles. The molecule has 0 aromatic heterocycles. The molecule has 2 N–H and O–H groups in total. The van der Waals surface area contributed by atoms with E-state index in [1.165, 1.54) is 96.3 Å². The number of ether oxygens (including phenoxy) is 1. The monoisotopic (exact) mass is 477 g/mol. The van der Waals surface area contributed by atoms with Crippen molar-refractivity contribution in [3.05, 3.63) is 0 Å². The summed E-state index contributed by atoms with van der Waals surface area (Å²) in [6.07, 6.45) is 23.3. The van der Waals surface area contributed by atoms with Gasteiger partial charge in [0.05, 0.1) is 13.2 Å². The van der Waals surface area contributed by atoms with E-state index in [2.05, 4.69) is 12.2 Å². The molecule has 0 saturated carbocycles. The minimum atomic E-state index is -1.91. The van der Waals surface area contributed by atoms with Gasteiger partial charge in [0.2, 0.25) is 0 Å². The van der Waals surface area contributed by atoms with Gasteiger partial charge < -0.3 is 24.0 Å². The average Bonchev–Trinajstić information content (AvgIpc) is 2.79. The predicted octanol–water partition coefficient (Wildman–Crippen LogP) is 7.04. The largest absolute Gasteiger partial charge is 0.462 e. The van der Waals surface area contributed by atoms with Crippen molar-refractivity contribution in [1.29, 1.82) is 0 Å². The van der Waals surface area contributed by atoms with Gasteiger partial charge in [-0.05, 0) is 19.9 Å². The van der Waals surface area contributed by atoms with Gasteiger partial charge in [-0.3, -0.25) is 4.79 Å². The molecule has 0 saturated heterocycles. The molecule has 0 fully saturated rings. The molecule has 0 aromatic rings. The number of unbranched alkanes of at least 4 members (excludes halogenated alkanes) is 16. The van der Waals surface area contributed by atoms with Gasteiger partial charge in [0.25, 0.3) is 6.47 Å². The van der Waals surface area contributed by atoms with Crippen LogP contribution in [0.1, 0.15) is 122 Å². The van der Waals surface area contributed by atoms with Crippen molar-refractivity contribution in [3.63, 3.8) is 0 Å². The van der Waals surface area contributed by atoms with Crippen molar-refractivity contribution in [2.45, 2.75) is 129 Å². The maximum atomic E-state index is 10.7. The maximum Gasteiger partial charge on any atom is 0.330 e. The van der Waals surface area contributed by atoms with Crippen LogP contribution in [0.2, 0.25) is 0 Å². The highest BCUT2D eigenvalue weighted by Crippen LogP contribution is 2.32. The molecule has 2 unspecified atom stereocenters. The van der Waals surface area contributed by atoms with Gasteiger partial charge in [-0.15, -0.1) is 0 Å². The summed E-state index contributed by atoms with van der Waals surface area (Å²) in [6, 6.07) is 0. The Morgan fingerprint density at radius 1 is 0.781 bits per heavy atom. The molecule has 0 aliphatic heterocycles. The number of hydrogen-bond acceptors (Lipinski definition) is 6. The summed E-state index contributed by atoms with van der Waals surface area (Å²) in [6.45, 7) is 3.95. The van der Waals surface area contributed by atoms with Gasteiger partial charge in [-0.1, -0.05) is 110 Å². The molecule has 0 aromatic carbocycles. The standard InChI is InChI=1S/C25H52NO5P/c1-3-4-5-6-7-8-9-10-11-12-13-14-15-16-17-18-19-20-25(29-24-27)23-31-32(28)30-22-21-26-2/h24-26,28H,3-23H2,1-2H3. The number of likely N-dealkylation sites (N-methyl/N-ethyl adjacent to an activating group) is 1. The van der Waals surface area contributed by atoms with Crippen LogP contribution in [0.4, 0.5) is 0 Å². The molecule has 7 heteroatoms. The van der Waals surface area contributed by atoms with Crippen molar-refractivity contribution < 1.29 is 23.5 Å². The van der Waals surface area contributed by atoms with E-state index in [0.29, 0.717) is 19.6 Å².